The molecule has 0 bridgehead atoms. The van der Waals surface area contributed by atoms with Crippen molar-refractivity contribution < 1.29 is 0 Å². The summed E-state index contributed by atoms with van der Waals surface area (Å²) in [6.45, 7) is 0. The van der Waals surface area contributed by atoms with Crippen molar-refractivity contribution in [1.82, 2.24) is 9.97 Å². The molecule has 0 radical (unpaired) electrons. The summed E-state index contributed by atoms with van der Waals surface area (Å²) in [5.41, 5.74) is 7.43. The zero-order valence-electron chi connectivity index (χ0n) is 20.0. The van der Waals surface area contributed by atoms with Crippen LogP contribution in [0.1, 0.15) is 0 Å². The molecule has 3 heteroatoms. The molecule has 2 nitrogen and oxygen atoms in total. The minimum Gasteiger partial charge on any atom is -0.228 e. The van der Waals surface area contributed by atoms with Crippen LogP contribution in [0.25, 0.3) is 65.2 Å². The lowest BCUT2D eigenvalue weighted by molar-refractivity contribution is 1.18. The quantitative estimate of drug-likeness (QED) is 0.245. The van der Waals surface area contributed by atoms with Crippen LogP contribution < -0.4 is 0 Å². The lowest BCUT2D eigenvalue weighted by Gasteiger charge is -2.11. The highest BCUT2D eigenvalue weighted by Gasteiger charge is 2.14. The molecule has 0 N–H and O–H groups in total. The zero-order chi connectivity index (χ0) is 24.6. The maximum atomic E-state index is 5.03. The van der Waals surface area contributed by atoms with Crippen LogP contribution in [0, 0.1) is 0 Å². The Labute approximate surface area is 219 Å². The molecule has 0 aliphatic carbocycles. The van der Waals surface area contributed by atoms with E-state index in [0.29, 0.717) is 0 Å². The van der Waals surface area contributed by atoms with Crippen molar-refractivity contribution in [3.05, 3.63) is 133 Å². The Bertz CT molecular complexity index is 1810. The molecule has 0 fully saturated rings. The van der Waals surface area contributed by atoms with Crippen LogP contribution in [0.2, 0.25) is 0 Å². The van der Waals surface area contributed by atoms with Gasteiger partial charge in [0, 0.05) is 36.9 Å². The molecule has 7 aromatic rings. The van der Waals surface area contributed by atoms with Crippen LogP contribution in [0.3, 0.4) is 0 Å². The van der Waals surface area contributed by atoms with Gasteiger partial charge in [0.15, 0.2) is 5.82 Å². The predicted molar refractivity (Wildman–Crippen MR) is 157 cm³/mol. The first-order valence-corrected chi connectivity index (χ1v) is 13.2. The van der Waals surface area contributed by atoms with Gasteiger partial charge in [0.25, 0.3) is 0 Å². The van der Waals surface area contributed by atoms with E-state index < -0.39 is 0 Å². The summed E-state index contributed by atoms with van der Waals surface area (Å²) in [7, 11) is 0. The van der Waals surface area contributed by atoms with Crippen LogP contribution in [-0.2, 0) is 0 Å². The molecular weight excluding hydrogens is 468 g/mol. The van der Waals surface area contributed by atoms with E-state index >= 15 is 0 Å². The molecule has 0 aliphatic heterocycles. The molecule has 0 aliphatic rings. The van der Waals surface area contributed by atoms with Crippen molar-refractivity contribution >= 4 is 31.5 Å². The van der Waals surface area contributed by atoms with Gasteiger partial charge in [0.05, 0.1) is 11.4 Å². The zero-order valence-corrected chi connectivity index (χ0v) is 20.8. The normalized spacial score (nSPS) is 11.2. The lowest BCUT2D eigenvalue weighted by Crippen LogP contribution is -1.96. The van der Waals surface area contributed by atoms with Crippen LogP contribution in [0.5, 0.6) is 0 Å². The van der Waals surface area contributed by atoms with Gasteiger partial charge in [-0.05, 0) is 35.4 Å². The molecule has 2 heterocycles. The largest absolute Gasteiger partial charge is 0.228 e. The highest BCUT2D eigenvalue weighted by Crippen LogP contribution is 2.40. The summed E-state index contributed by atoms with van der Waals surface area (Å²) in [6.07, 6.45) is 0. The average Bonchev–Trinajstić information content (AvgIpc) is 3.37. The van der Waals surface area contributed by atoms with E-state index in [4.69, 9.17) is 9.97 Å². The Morgan fingerprint density at radius 3 is 1.84 bits per heavy atom. The summed E-state index contributed by atoms with van der Waals surface area (Å²) >= 11 is 1.85. The standard InChI is InChI=1S/C34H22N2S/c1-3-11-23(12-4-1)29-22-30(36-34(35-29)24-13-5-2-6-14-24)26-16-9-15-25(21-26)27-18-10-20-32-33(27)28-17-7-8-19-31(28)37-32/h1-22H. The first kappa shape index (κ1) is 21.7. The van der Waals surface area contributed by atoms with Gasteiger partial charge in [-0.15, -0.1) is 11.3 Å². The van der Waals surface area contributed by atoms with Crippen molar-refractivity contribution in [2.75, 3.05) is 0 Å². The average molecular weight is 491 g/mol. The number of benzene rings is 5. The summed E-state index contributed by atoms with van der Waals surface area (Å²) in [5.74, 6) is 0.730. The molecule has 0 saturated heterocycles. The van der Waals surface area contributed by atoms with E-state index in [1.807, 2.05) is 47.7 Å². The highest BCUT2D eigenvalue weighted by atomic mass is 32.1. The number of aromatic nitrogens is 2. The lowest BCUT2D eigenvalue weighted by atomic mass is 9.97. The van der Waals surface area contributed by atoms with E-state index in [-0.39, 0.29) is 0 Å². The third-order valence-corrected chi connectivity index (χ3v) is 7.84. The van der Waals surface area contributed by atoms with Crippen molar-refractivity contribution in [1.29, 1.82) is 0 Å². The maximum Gasteiger partial charge on any atom is 0.160 e. The van der Waals surface area contributed by atoms with Gasteiger partial charge in [-0.25, -0.2) is 9.97 Å². The Kier molecular flexibility index (Phi) is 5.34. The molecule has 0 atom stereocenters. The van der Waals surface area contributed by atoms with Crippen molar-refractivity contribution in [2.45, 2.75) is 0 Å². The van der Waals surface area contributed by atoms with Crippen LogP contribution in [0.4, 0.5) is 0 Å². The molecule has 37 heavy (non-hydrogen) atoms. The molecule has 174 valence electrons. The second-order valence-electron chi connectivity index (χ2n) is 9.05. The SMILES string of the molecule is c1ccc(-c2cc(-c3cccc(-c4cccc5sc6ccccc6c45)c3)nc(-c3ccccc3)n2)cc1. The molecule has 2 aromatic heterocycles. The monoisotopic (exact) mass is 490 g/mol. The van der Waals surface area contributed by atoms with E-state index in [2.05, 4.69) is 97.1 Å². The summed E-state index contributed by atoms with van der Waals surface area (Å²) in [6, 6.07) is 46.6. The number of nitrogens with zero attached hydrogens (tertiary/aromatic N) is 2. The van der Waals surface area contributed by atoms with Crippen molar-refractivity contribution in [2.24, 2.45) is 0 Å². The molecule has 5 aromatic carbocycles. The minimum absolute atomic E-state index is 0.730. The summed E-state index contributed by atoms with van der Waals surface area (Å²) < 4.78 is 2.63. The third-order valence-electron chi connectivity index (χ3n) is 6.70. The third kappa shape index (κ3) is 4.00. The fraction of sp³-hybridized carbons (Fsp3) is 0. The minimum atomic E-state index is 0.730. The number of hydrogen-bond donors (Lipinski definition) is 0. The maximum absolute atomic E-state index is 5.03. The van der Waals surface area contributed by atoms with Crippen molar-refractivity contribution in [3.8, 4) is 45.0 Å². The Morgan fingerprint density at radius 1 is 0.432 bits per heavy atom. The van der Waals surface area contributed by atoms with E-state index in [1.54, 1.807) is 0 Å². The molecule has 0 saturated carbocycles. The molecule has 0 unspecified atom stereocenters. The molecule has 7 rings (SSSR count). The van der Waals surface area contributed by atoms with Gasteiger partial charge in [0.2, 0.25) is 0 Å². The Balaban J connectivity index is 1.41. The number of hydrogen-bond acceptors (Lipinski definition) is 3. The number of rotatable bonds is 4. The smallest absolute Gasteiger partial charge is 0.160 e. The highest BCUT2D eigenvalue weighted by molar-refractivity contribution is 7.25. The summed E-state index contributed by atoms with van der Waals surface area (Å²) in [4.78, 5) is 9.97. The van der Waals surface area contributed by atoms with E-state index in [9.17, 15) is 0 Å². The second kappa shape index (κ2) is 9.12. The first-order valence-electron chi connectivity index (χ1n) is 12.3. The fourth-order valence-corrected chi connectivity index (χ4v) is 6.06. The van der Waals surface area contributed by atoms with Crippen molar-refractivity contribution in [3.63, 3.8) is 0 Å². The van der Waals surface area contributed by atoms with Gasteiger partial charge < -0.3 is 0 Å². The molecule has 0 spiro atoms. The Hall–Kier alpha value is -4.60. The van der Waals surface area contributed by atoms with Gasteiger partial charge in [-0.1, -0.05) is 109 Å². The Morgan fingerprint density at radius 2 is 1.03 bits per heavy atom. The van der Waals surface area contributed by atoms with Crippen LogP contribution >= 0.6 is 11.3 Å². The van der Waals surface area contributed by atoms with Gasteiger partial charge in [-0.3, -0.25) is 0 Å². The fourth-order valence-electron chi connectivity index (χ4n) is 4.93. The first-order chi connectivity index (χ1) is 18.3. The van der Waals surface area contributed by atoms with Crippen LogP contribution in [-0.4, -0.2) is 9.97 Å². The van der Waals surface area contributed by atoms with Crippen LogP contribution in [0.15, 0.2) is 133 Å². The number of fused-ring (bicyclic) bond motifs is 3. The van der Waals surface area contributed by atoms with E-state index in [1.165, 1.54) is 31.3 Å². The van der Waals surface area contributed by atoms with Gasteiger partial charge in [0.1, 0.15) is 0 Å². The van der Waals surface area contributed by atoms with E-state index in [0.717, 1.165) is 33.9 Å². The van der Waals surface area contributed by atoms with Gasteiger partial charge >= 0.3 is 0 Å². The topological polar surface area (TPSA) is 25.8 Å². The molecular formula is C34H22N2S. The van der Waals surface area contributed by atoms with Gasteiger partial charge in [-0.2, -0.15) is 0 Å². The number of thiophene rings is 1. The predicted octanol–water partition coefficient (Wildman–Crippen LogP) is 9.51. The molecule has 0 amide bonds. The summed E-state index contributed by atoms with van der Waals surface area (Å²) in [5, 5.41) is 2.63. The second-order valence-corrected chi connectivity index (χ2v) is 10.1.